The second kappa shape index (κ2) is 8.99. The number of hydrogen-bond acceptors (Lipinski definition) is 4. The van der Waals surface area contributed by atoms with Gasteiger partial charge in [0, 0.05) is 10.0 Å². The van der Waals surface area contributed by atoms with E-state index in [0.717, 1.165) is 0 Å². The molecule has 2 N–H and O–H groups in total. The molecule has 0 aliphatic rings. The van der Waals surface area contributed by atoms with E-state index in [0.29, 0.717) is 31.6 Å². The highest BCUT2D eigenvalue weighted by molar-refractivity contribution is 6.36. The molecule has 2 rings (SSSR count). The fraction of sp³-hybridized carbons (Fsp3) is 0.250. The maximum atomic E-state index is 9.94. The Balaban J connectivity index is 1.84. The highest BCUT2D eigenvalue weighted by atomic mass is 35.5. The molecule has 0 heterocycles. The molecule has 0 aliphatic carbocycles. The Morgan fingerprint density at radius 2 is 1.08 bits per heavy atom. The number of aliphatic hydroxyl groups is 2. The van der Waals surface area contributed by atoms with Crippen molar-refractivity contribution in [2.75, 3.05) is 13.2 Å². The van der Waals surface area contributed by atoms with Crippen LogP contribution in [0.2, 0.25) is 20.1 Å². The molecular formula is C16H14Cl4O4. The van der Waals surface area contributed by atoms with E-state index in [9.17, 15) is 10.2 Å². The molecule has 130 valence electrons. The first-order valence-corrected chi connectivity index (χ1v) is 8.40. The summed E-state index contributed by atoms with van der Waals surface area (Å²) in [4.78, 5) is 0. The van der Waals surface area contributed by atoms with Crippen LogP contribution >= 0.6 is 46.4 Å². The summed E-state index contributed by atoms with van der Waals surface area (Å²) in [6.45, 7) is -0.333. The fourth-order valence-corrected chi connectivity index (χ4v) is 2.68. The van der Waals surface area contributed by atoms with Crippen molar-refractivity contribution >= 4 is 46.4 Å². The molecule has 0 saturated carbocycles. The maximum absolute atomic E-state index is 9.94. The van der Waals surface area contributed by atoms with E-state index in [4.69, 9.17) is 55.9 Å². The zero-order valence-electron chi connectivity index (χ0n) is 12.3. The lowest BCUT2D eigenvalue weighted by Crippen LogP contribution is -2.36. The first kappa shape index (κ1) is 19.4. The first-order valence-electron chi connectivity index (χ1n) is 6.88. The van der Waals surface area contributed by atoms with Gasteiger partial charge in [-0.2, -0.15) is 0 Å². The van der Waals surface area contributed by atoms with Crippen molar-refractivity contribution in [3.05, 3.63) is 56.5 Å². The summed E-state index contributed by atoms with van der Waals surface area (Å²) in [6.07, 6.45) is -2.36. The Labute approximate surface area is 159 Å². The molecule has 0 amide bonds. The number of halogens is 4. The van der Waals surface area contributed by atoms with Gasteiger partial charge in [0.1, 0.15) is 36.9 Å². The largest absolute Gasteiger partial charge is 0.489 e. The molecule has 0 spiro atoms. The molecule has 0 aromatic heterocycles. The van der Waals surface area contributed by atoms with Crippen molar-refractivity contribution in [1.82, 2.24) is 0 Å². The SMILES string of the molecule is O[C@H](COc1ccc(Cl)cc1Cl)[C@H](O)COc1ccc(Cl)cc1Cl. The number of hydrogen-bond donors (Lipinski definition) is 2. The third kappa shape index (κ3) is 5.59. The summed E-state index contributed by atoms with van der Waals surface area (Å²) in [5, 5.41) is 21.4. The summed E-state index contributed by atoms with van der Waals surface area (Å²) >= 11 is 23.5. The van der Waals surface area contributed by atoms with Crippen LogP contribution in [0.3, 0.4) is 0 Å². The van der Waals surface area contributed by atoms with E-state index in [1.54, 1.807) is 24.3 Å². The van der Waals surface area contributed by atoms with Gasteiger partial charge >= 0.3 is 0 Å². The lowest BCUT2D eigenvalue weighted by atomic mass is 10.2. The highest BCUT2D eigenvalue weighted by Crippen LogP contribution is 2.28. The smallest absolute Gasteiger partial charge is 0.138 e. The Morgan fingerprint density at radius 3 is 1.42 bits per heavy atom. The second-order valence-corrected chi connectivity index (χ2v) is 6.59. The molecule has 0 fully saturated rings. The molecule has 0 unspecified atom stereocenters. The van der Waals surface area contributed by atoms with E-state index in [1.165, 1.54) is 12.1 Å². The topological polar surface area (TPSA) is 58.9 Å². The van der Waals surface area contributed by atoms with Gasteiger partial charge in [-0.25, -0.2) is 0 Å². The first-order chi connectivity index (χ1) is 11.4. The van der Waals surface area contributed by atoms with Gasteiger partial charge in [-0.1, -0.05) is 46.4 Å². The van der Waals surface area contributed by atoms with Gasteiger partial charge in [0.2, 0.25) is 0 Å². The molecule has 0 bridgehead atoms. The summed E-state index contributed by atoms with van der Waals surface area (Å²) in [7, 11) is 0. The third-order valence-corrected chi connectivity index (χ3v) is 4.11. The molecule has 2 atom stereocenters. The Kier molecular flexibility index (Phi) is 7.29. The van der Waals surface area contributed by atoms with E-state index in [-0.39, 0.29) is 13.2 Å². The summed E-state index contributed by atoms with van der Waals surface area (Å²) in [5.74, 6) is 0.711. The monoisotopic (exact) mass is 410 g/mol. The van der Waals surface area contributed by atoms with E-state index >= 15 is 0 Å². The molecule has 0 aliphatic heterocycles. The summed E-state index contributed by atoms with van der Waals surface area (Å²) in [5.41, 5.74) is 0. The summed E-state index contributed by atoms with van der Waals surface area (Å²) in [6, 6.07) is 9.41. The molecule has 2 aromatic rings. The number of rotatable bonds is 7. The van der Waals surface area contributed by atoms with Gasteiger partial charge < -0.3 is 19.7 Å². The van der Waals surface area contributed by atoms with Crippen molar-refractivity contribution in [3.8, 4) is 11.5 Å². The van der Waals surface area contributed by atoms with Crippen molar-refractivity contribution in [2.45, 2.75) is 12.2 Å². The minimum Gasteiger partial charge on any atom is -0.489 e. The van der Waals surface area contributed by atoms with E-state index in [2.05, 4.69) is 0 Å². The maximum Gasteiger partial charge on any atom is 0.138 e. The third-order valence-electron chi connectivity index (χ3n) is 3.05. The van der Waals surface area contributed by atoms with E-state index < -0.39 is 12.2 Å². The lowest BCUT2D eigenvalue weighted by molar-refractivity contribution is -0.0288. The predicted molar refractivity (Wildman–Crippen MR) is 95.9 cm³/mol. The Hall–Kier alpha value is -0.880. The quantitative estimate of drug-likeness (QED) is 0.705. The molecule has 0 saturated heterocycles. The molecular weight excluding hydrogens is 398 g/mol. The molecule has 24 heavy (non-hydrogen) atoms. The Morgan fingerprint density at radius 1 is 0.708 bits per heavy atom. The van der Waals surface area contributed by atoms with Crippen molar-refractivity contribution < 1.29 is 19.7 Å². The summed E-state index contributed by atoms with van der Waals surface area (Å²) < 4.78 is 10.7. The standard InChI is InChI=1S/C16H14Cl4O4/c17-9-1-3-15(11(19)5-9)23-7-13(21)14(22)8-24-16-4-2-10(18)6-12(16)20/h1-6,13-14,21-22H,7-8H2/t13-,14-/m1/s1. The van der Waals surface area contributed by atoms with Crippen molar-refractivity contribution in [1.29, 1.82) is 0 Å². The van der Waals surface area contributed by atoms with Gasteiger partial charge in [-0.05, 0) is 36.4 Å². The van der Waals surface area contributed by atoms with Gasteiger partial charge in [-0.3, -0.25) is 0 Å². The van der Waals surface area contributed by atoms with Crippen LogP contribution in [-0.2, 0) is 0 Å². The minimum absolute atomic E-state index is 0.166. The van der Waals surface area contributed by atoms with Crippen LogP contribution in [0.25, 0.3) is 0 Å². The fourth-order valence-electron chi connectivity index (χ4n) is 1.76. The van der Waals surface area contributed by atoms with Crippen LogP contribution in [0, 0.1) is 0 Å². The molecule has 2 aromatic carbocycles. The minimum atomic E-state index is -1.18. The number of aliphatic hydroxyl groups excluding tert-OH is 2. The van der Waals surface area contributed by atoms with Gasteiger partial charge in [0.15, 0.2) is 0 Å². The van der Waals surface area contributed by atoms with Crippen LogP contribution in [0.15, 0.2) is 36.4 Å². The van der Waals surface area contributed by atoms with Crippen LogP contribution in [0.1, 0.15) is 0 Å². The zero-order valence-corrected chi connectivity index (χ0v) is 15.3. The predicted octanol–water partition coefficient (Wildman–Crippen LogP) is 4.48. The van der Waals surface area contributed by atoms with Gasteiger partial charge in [-0.15, -0.1) is 0 Å². The zero-order chi connectivity index (χ0) is 17.7. The van der Waals surface area contributed by atoms with Gasteiger partial charge in [0.25, 0.3) is 0 Å². The average Bonchev–Trinajstić information content (AvgIpc) is 2.52. The lowest BCUT2D eigenvalue weighted by Gasteiger charge is -2.19. The number of ether oxygens (including phenoxy) is 2. The van der Waals surface area contributed by atoms with Crippen LogP contribution in [0.5, 0.6) is 11.5 Å². The van der Waals surface area contributed by atoms with Crippen LogP contribution in [0.4, 0.5) is 0 Å². The second-order valence-electron chi connectivity index (χ2n) is 4.91. The molecule has 8 heteroatoms. The number of benzene rings is 2. The normalized spacial score (nSPS) is 13.4. The van der Waals surface area contributed by atoms with Crippen molar-refractivity contribution in [3.63, 3.8) is 0 Å². The molecule has 4 nitrogen and oxygen atoms in total. The van der Waals surface area contributed by atoms with Crippen molar-refractivity contribution in [2.24, 2.45) is 0 Å². The molecule has 0 radical (unpaired) electrons. The highest BCUT2D eigenvalue weighted by Gasteiger charge is 2.19. The van der Waals surface area contributed by atoms with Gasteiger partial charge in [0.05, 0.1) is 10.0 Å². The average molecular weight is 412 g/mol. The van der Waals surface area contributed by atoms with E-state index in [1.807, 2.05) is 0 Å². The van der Waals surface area contributed by atoms with Crippen LogP contribution < -0.4 is 9.47 Å². The Bertz CT molecular complexity index is 636. The van der Waals surface area contributed by atoms with Crippen LogP contribution in [-0.4, -0.2) is 35.6 Å².